The van der Waals surface area contributed by atoms with Crippen molar-refractivity contribution in [3.8, 4) is 0 Å². The van der Waals surface area contributed by atoms with E-state index in [1.807, 2.05) is 65.3 Å². The Kier molecular flexibility index (Phi) is 2.88. The highest BCUT2D eigenvalue weighted by Crippen LogP contribution is 2.63. The van der Waals surface area contributed by atoms with Crippen LogP contribution < -0.4 is 0 Å². The molecule has 4 heteroatoms. The van der Waals surface area contributed by atoms with E-state index in [0.29, 0.717) is 0 Å². The zero-order valence-corrected chi connectivity index (χ0v) is 13.8. The molecular formula is C21H17N3O. The predicted molar refractivity (Wildman–Crippen MR) is 95.9 cm³/mol. The van der Waals surface area contributed by atoms with Crippen molar-refractivity contribution in [1.82, 2.24) is 15.0 Å². The Bertz CT molecular complexity index is 1000. The van der Waals surface area contributed by atoms with E-state index in [2.05, 4.69) is 41.5 Å². The van der Waals surface area contributed by atoms with Gasteiger partial charge in [0.1, 0.15) is 5.52 Å². The van der Waals surface area contributed by atoms with Gasteiger partial charge in [-0.2, -0.15) is 0 Å². The predicted octanol–water partition coefficient (Wildman–Crippen LogP) is 4.08. The van der Waals surface area contributed by atoms with Crippen LogP contribution in [0, 0.1) is 0 Å². The Morgan fingerprint density at radius 1 is 0.760 bits per heavy atom. The third-order valence-corrected chi connectivity index (χ3v) is 5.08. The van der Waals surface area contributed by atoms with Gasteiger partial charge in [0, 0.05) is 0 Å². The van der Waals surface area contributed by atoms with E-state index in [1.165, 1.54) is 0 Å². The van der Waals surface area contributed by atoms with Crippen molar-refractivity contribution >= 4 is 11.0 Å². The second kappa shape index (κ2) is 5.01. The molecule has 1 saturated heterocycles. The first-order chi connectivity index (χ1) is 12.3. The summed E-state index contributed by atoms with van der Waals surface area (Å²) in [6, 6.07) is 28.6. The standard InChI is InChI=1S/C21H17N3O/c1-20(24-19-15-9-8-14-18(19)22-23-24)21(25-20,16-10-4-2-5-11-16)17-12-6-3-7-13-17/h2-15H,1H3/t20-/m1/s1. The second-order valence-electron chi connectivity index (χ2n) is 6.49. The summed E-state index contributed by atoms with van der Waals surface area (Å²) in [4.78, 5) is 0. The van der Waals surface area contributed by atoms with Gasteiger partial charge in [-0.25, -0.2) is 4.68 Å². The molecule has 122 valence electrons. The fraction of sp³-hybridized carbons (Fsp3) is 0.143. The summed E-state index contributed by atoms with van der Waals surface area (Å²) in [5, 5.41) is 8.73. The van der Waals surface area contributed by atoms with E-state index in [1.54, 1.807) is 0 Å². The van der Waals surface area contributed by atoms with E-state index < -0.39 is 11.3 Å². The molecule has 5 rings (SSSR count). The molecular weight excluding hydrogens is 310 g/mol. The average Bonchev–Trinajstić information content (AvgIpc) is 3.10. The Morgan fingerprint density at radius 3 is 1.96 bits per heavy atom. The normalized spacial score (nSPS) is 21.3. The molecule has 0 aliphatic carbocycles. The Morgan fingerprint density at radius 2 is 1.32 bits per heavy atom. The van der Waals surface area contributed by atoms with E-state index in [-0.39, 0.29) is 0 Å². The number of ether oxygens (including phenoxy) is 1. The highest BCUT2D eigenvalue weighted by atomic mass is 16.7. The molecule has 25 heavy (non-hydrogen) atoms. The molecule has 0 saturated carbocycles. The molecule has 3 aromatic carbocycles. The Balaban J connectivity index is 1.75. The molecule has 0 spiro atoms. The van der Waals surface area contributed by atoms with Crippen molar-refractivity contribution < 1.29 is 4.74 Å². The van der Waals surface area contributed by atoms with Crippen molar-refractivity contribution in [2.24, 2.45) is 0 Å². The molecule has 4 nitrogen and oxygen atoms in total. The van der Waals surface area contributed by atoms with Gasteiger partial charge in [-0.05, 0) is 30.2 Å². The maximum Gasteiger partial charge on any atom is 0.199 e. The first kappa shape index (κ1) is 14.4. The number of hydrogen-bond acceptors (Lipinski definition) is 3. The topological polar surface area (TPSA) is 43.2 Å². The Hall–Kier alpha value is -2.98. The van der Waals surface area contributed by atoms with E-state index in [0.717, 1.165) is 22.2 Å². The molecule has 1 atom stereocenters. The molecule has 1 aliphatic rings. The second-order valence-corrected chi connectivity index (χ2v) is 6.49. The van der Waals surface area contributed by atoms with Gasteiger partial charge in [0.25, 0.3) is 0 Å². The minimum absolute atomic E-state index is 0.577. The first-order valence-corrected chi connectivity index (χ1v) is 8.38. The largest absolute Gasteiger partial charge is 0.329 e. The van der Waals surface area contributed by atoms with Gasteiger partial charge in [-0.3, -0.25) is 0 Å². The summed E-state index contributed by atoms with van der Waals surface area (Å²) in [6.45, 7) is 2.08. The van der Waals surface area contributed by atoms with Gasteiger partial charge in [0.2, 0.25) is 0 Å². The quantitative estimate of drug-likeness (QED) is 0.533. The molecule has 0 N–H and O–H groups in total. The summed E-state index contributed by atoms with van der Waals surface area (Å²) in [7, 11) is 0. The van der Waals surface area contributed by atoms with Gasteiger partial charge in [0.15, 0.2) is 11.3 Å². The number of rotatable bonds is 3. The van der Waals surface area contributed by atoms with E-state index >= 15 is 0 Å². The van der Waals surface area contributed by atoms with Crippen LogP contribution in [-0.4, -0.2) is 15.0 Å². The lowest BCUT2D eigenvalue weighted by Gasteiger charge is -2.18. The maximum absolute atomic E-state index is 6.48. The van der Waals surface area contributed by atoms with Crippen molar-refractivity contribution in [2.75, 3.05) is 0 Å². The molecule has 1 aromatic heterocycles. The molecule has 0 radical (unpaired) electrons. The number of fused-ring (bicyclic) bond motifs is 1. The molecule has 1 fully saturated rings. The van der Waals surface area contributed by atoms with Crippen LogP contribution in [0.5, 0.6) is 0 Å². The van der Waals surface area contributed by atoms with Gasteiger partial charge in [-0.15, -0.1) is 5.10 Å². The lowest BCUT2D eigenvalue weighted by Crippen LogP contribution is -2.27. The lowest BCUT2D eigenvalue weighted by molar-refractivity contribution is 0.221. The van der Waals surface area contributed by atoms with Crippen LogP contribution in [0.2, 0.25) is 0 Å². The maximum atomic E-state index is 6.48. The molecule has 1 aliphatic heterocycles. The molecule has 4 aromatic rings. The molecule has 0 unspecified atom stereocenters. The zero-order valence-electron chi connectivity index (χ0n) is 13.8. The highest BCUT2D eigenvalue weighted by Gasteiger charge is 2.71. The van der Waals surface area contributed by atoms with Crippen LogP contribution in [0.1, 0.15) is 18.1 Å². The molecule has 2 heterocycles. The fourth-order valence-electron chi connectivity index (χ4n) is 3.81. The van der Waals surface area contributed by atoms with E-state index in [9.17, 15) is 0 Å². The number of nitrogens with zero attached hydrogens (tertiary/aromatic N) is 3. The van der Waals surface area contributed by atoms with Gasteiger partial charge in [-0.1, -0.05) is 78.0 Å². The van der Waals surface area contributed by atoms with Crippen LogP contribution in [0.15, 0.2) is 84.9 Å². The van der Waals surface area contributed by atoms with Crippen molar-refractivity contribution in [1.29, 1.82) is 0 Å². The van der Waals surface area contributed by atoms with Crippen LogP contribution in [0.25, 0.3) is 11.0 Å². The van der Waals surface area contributed by atoms with Gasteiger partial charge in [0.05, 0.1) is 5.52 Å². The van der Waals surface area contributed by atoms with Crippen LogP contribution in [0.3, 0.4) is 0 Å². The van der Waals surface area contributed by atoms with Crippen molar-refractivity contribution in [2.45, 2.75) is 18.2 Å². The van der Waals surface area contributed by atoms with Crippen LogP contribution in [0.4, 0.5) is 0 Å². The monoisotopic (exact) mass is 327 g/mol. The number of benzene rings is 3. The third-order valence-electron chi connectivity index (χ3n) is 5.08. The first-order valence-electron chi connectivity index (χ1n) is 8.38. The summed E-state index contributed by atoms with van der Waals surface area (Å²) in [5.74, 6) is 0. The van der Waals surface area contributed by atoms with Gasteiger partial charge >= 0.3 is 0 Å². The zero-order chi connectivity index (χ0) is 16.9. The fourth-order valence-corrected chi connectivity index (χ4v) is 3.81. The minimum Gasteiger partial charge on any atom is -0.329 e. The van der Waals surface area contributed by atoms with Crippen LogP contribution in [-0.2, 0) is 16.1 Å². The van der Waals surface area contributed by atoms with E-state index in [4.69, 9.17) is 4.74 Å². The summed E-state index contributed by atoms with van der Waals surface area (Å²) >= 11 is 0. The Labute approximate surface area is 145 Å². The molecule has 0 amide bonds. The van der Waals surface area contributed by atoms with Crippen molar-refractivity contribution in [3.63, 3.8) is 0 Å². The summed E-state index contributed by atoms with van der Waals surface area (Å²) in [6.07, 6.45) is 0. The summed E-state index contributed by atoms with van der Waals surface area (Å²) < 4.78 is 8.38. The highest BCUT2D eigenvalue weighted by molar-refractivity contribution is 5.74. The number of epoxide rings is 1. The van der Waals surface area contributed by atoms with Crippen LogP contribution >= 0.6 is 0 Å². The minimum atomic E-state index is -0.633. The van der Waals surface area contributed by atoms with Gasteiger partial charge < -0.3 is 4.74 Å². The summed E-state index contributed by atoms with van der Waals surface area (Å²) in [5.41, 5.74) is 2.86. The lowest BCUT2D eigenvalue weighted by atomic mass is 9.85. The molecule has 0 bridgehead atoms. The number of hydrogen-bond donors (Lipinski definition) is 0. The average molecular weight is 327 g/mol. The smallest absolute Gasteiger partial charge is 0.199 e. The number of para-hydroxylation sites is 1. The van der Waals surface area contributed by atoms with Crippen molar-refractivity contribution in [3.05, 3.63) is 96.1 Å². The number of aromatic nitrogens is 3. The SMILES string of the molecule is C[C@@]1(n2nnc3ccccc32)OC1(c1ccccc1)c1ccccc1. The third kappa shape index (κ3) is 1.86.